The zero-order chi connectivity index (χ0) is 19.3. The quantitative estimate of drug-likeness (QED) is 0.644. The number of rotatable bonds is 6. The van der Waals surface area contributed by atoms with Crippen molar-refractivity contribution in [2.45, 2.75) is 13.1 Å². The van der Waals surface area contributed by atoms with Crippen LogP contribution in [0.25, 0.3) is 10.8 Å². The maximum atomic E-state index is 5.40. The second kappa shape index (κ2) is 8.63. The van der Waals surface area contributed by atoms with Gasteiger partial charge in [-0.25, -0.2) is 0 Å². The number of fused-ring (bicyclic) bond motifs is 1. The molecule has 3 aromatic carbocycles. The lowest BCUT2D eigenvalue weighted by molar-refractivity contribution is 0.122. The summed E-state index contributed by atoms with van der Waals surface area (Å²) in [6.45, 7) is 6.26. The molecule has 0 bridgehead atoms. The van der Waals surface area contributed by atoms with Crippen LogP contribution in [0.15, 0.2) is 60.7 Å². The Kier molecular flexibility index (Phi) is 5.79. The predicted molar refractivity (Wildman–Crippen MR) is 114 cm³/mol. The van der Waals surface area contributed by atoms with Gasteiger partial charge in [0.25, 0.3) is 0 Å². The molecule has 0 aliphatic carbocycles. The molecule has 1 aliphatic rings. The lowest BCUT2D eigenvalue weighted by atomic mass is 10.0. The third-order valence-corrected chi connectivity index (χ3v) is 5.56. The van der Waals surface area contributed by atoms with Crippen LogP contribution >= 0.6 is 0 Å². The van der Waals surface area contributed by atoms with Gasteiger partial charge in [0.2, 0.25) is 0 Å². The van der Waals surface area contributed by atoms with Crippen molar-refractivity contribution in [3.05, 3.63) is 71.8 Å². The number of benzene rings is 3. The number of hydrogen-bond donors (Lipinski definition) is 0. The molecule has 0 aromatic heterocycles. The summed E-state index contributed by atoms with van der Waals surface area (Å²) in [4.78, 5) is 5.07. The minimum absolute atomic E-state index is 0.851. The van der Waals surface area contributed by atoms with E-state index in [1.807, 2.05) is 6.07 Å². The highest BCUT2D eigenvalue weighted by atomic mass is 16.5. The van der Waals surface area contributed by atoms with Gasteiger partial charge in [-0.1, -0.05) is 42.5 Å². The first-order valence-electron chi connectivity index (χ1n) is 9.88. The molecule has 0 saturated carbocycles. The Hall–Kier alpha value is -2.56. The summed E-state index contributed by atoms with van der Waals surface area (Å²) in [5.74, 6) is 1.70. The average molecular weight is 377 g/mol. The summed E-state index contributed by atoms with van der Waals surface area (Å²) >= 11 is 0. The van der Waals surface area contributed by atoms with Crippen LogP contribution in [-0.2, 0) is 13.1 Å². The van der Waals surface area contributed by atoms with Crippen molar-refractivity contribution in [1.82, 2.24) is 9.80 Å². The minimum atomic E-state index is 0.851. The van der Waals surface area contributed by atoms with Crippen LogP contribution in [0.3, 0.4) is 0 Å². The van der Waals surface area contributed by atoms with Crippen LogP contribution in [0.1, 0.15) is 11.1 Å². The Balaban J connectivity index is 1.37. The Morgan fingerprint density at radius 1 is 0.714 bits per heavy atom. The molecule has 4 rings (SSSR count). The third kappa shape index (κ3) is 4.29. The molecular formula is C24H28N2O2. The molecule has 4 nitrogen and oxygen atoms in total. The first-order valence-corrected chi connectivity index (χ1v) is 9.88. The van der Waals surface area contributed by atoms with E-state index in [0.717, 1.165) is 50.8 Å². The van der Waals surface area contributed by atoms with E-state index in [0.29, 0.717) is 0 Å². The van der Waals surface area contributed by atoms with E-state index < -0.39 is 0 Å². The molecule has 0 amide bonds. The van der Waals surface area contributed by atoms with Crippen molar-refractivity contribution in [1.29, 1.82) is 0 Å². The molecule has 1 fully saturated rings. The molecule has 0 unspecified atom stereocenters. The van der Waals surface area contributed by atoms with Crippen molar-refractivity contribution in [3.8, 4) is 11.5 Å². The van der Waals surface area contributed by atoms with E-state index in [4.69, 9.17) is 9.47 Å². The van der Waals surface area contributed by atoms with Crippen molar-refractivity contribution in [2.75, 3.05) is 40.4 Å². The largest absolute Gasteiger partial charge is 0.497 e. The van der Waals surface area contributed by atoms with Crippen LogP contribution in [0.4, 0.5) is 0 Å². The topological polar surface area (TPSA) is 24.9 Å². The molecule has 1 heterocycles. The molecule has 146 valence electrons. The van der Waals surface area contributed by atoms with E-state index in [-0.39, 0.29) is 0 Å². The summed E-state index contributed by atoms with van der Waals surface area (Å²) in [6, 6.07) is 21.4. The van der Waals surface area contributed by atoms with E-state index >= 15 is 0 Å². The molecule has 0 radical (unpaired) electrons. The first-order chi connectivity index (χ1) is 13.7. The van der Waals surface area contributed by atoms with E-state index in [1.165, 1.54) is 21.9 Å². The number of hydrogen-bond acceptors (Lipinski definition) is 4. The maximum Gasteiger partial charge on any atom is 0.122 e. The normalized spacial score (nSPS) is 15.6. The molecule has 1 aliphatic heterocycles. The van der Waals surface area contributed by atoms with Gasteiger partial charge in [-0.15, -0.1) is 0 Å². The number of nitrogens with zero attached hydrogens (tertiary/aromatic N) is 2. The molecule has 28 heavy (non-hydrogen) atoms. The SMILES string of the molecule is COc1cc(CN2CCN(Cc3cccc4ccccc34)CC2)cc(OC)c1. The van der Waals surface area contributed by atoms with Gasteiger partial charge in [0.1, 0.15) is 11.5 Å². The number of piperazine rings is 1. The van der Waals surface area contributed by atoms with Gasteiger partial charge < -0.3 is 9.47 Å². The van der Waals surface area contributed by atoms with Crippen LogP contribution in [0.2, 0.25) is 0 Å². The number of methoxy groups -OCH3 is 2. The van der Waals surface area contributed by atoms with E-state index in [2.05, 4.69) is 64.4 Å². The fourth-order valence-corrected chi connectivity index (χ4v) is 3.99. The second-order valence-corrected chi connectivity index (χ2v) is 7.41. The van der Waals surface area contributed by atoms with Crippen molar-refractivity contribution < 1.29 is 9.47 Å². The van der Waals surface area contributed by atoms with Gasteiger partial charge in [-0.05, 0) is 34.0 Å². The highest BCUT2D eigenvalue weighted by Gasteiger charge is 2.18. The molecular weight excluding hydrogens is 348 g/mol. The Bertz CT molecular complexity index is 905. The Labute approximate surface area is 167 Å². The third-order valence-electron chi connectivity index (χ3n) is 5.56. The van der Waals surface area contributed by atoms with Gasteiger partial charge in [-0.2, -0.15) is 0 Å². The standard InChI is InChI=1S/C24H28N2O2/c1-27-22-14-19(15-23(16-22)28-2)17-25-10-12-26(13-11-25)18-21-8-5-7-20-6-3-4-9-24(20)21/h3-9,14-16H,10-13,17-18H2,1-2H3. The summed E-state index contributed by atoms with van der Waals surface area (Å²) in [5, 5.41) is 2.70. The minimum Gasteiger partial charge on any atom is -0.497 e. The maximum absolute atomic E-state index is 5.40. The fourth-order valence-electron chi connectivity index (χ4n) is 3.99. The predicted octanol–water partition coefficient (Wildman–Crippen LogP) is 4.17. The molecule has 3 aromatic rings. The molecule has 1 saturated heterocycles. The van der Waals surface area contributed by atoms with E-state index in [9.17, 15) is 0 Å². The molecule has 0 N–H and O–H groups in total. The molecule has 0 spiro atoms. The number of ether oxygens (including phenoxy) is 2. The van der Waals surface area contributed by atoms with Gasteiger partial charge >= 0.3 is 0 Å². The zero-order valence-electron chi connectivity index (χ0n) is 16.7. The average Bonchev–Trinajstić information content (AvgIpc) is 2.75. The van der Waals surface area contributed by atoms with Crippen molar-refractivity contribution >= 4 is 10.8 Å². The lowest BCUT2D eigenvalue weighted by Gasteiger charge is -2.35. The van der Waals surface area contributed by atoms with Crippen molar-refractivity contribution in [2.24, 2.45) is 0 Å². The lowest BCUT2D eigenvalue weighted by Crippen LogP contribution is -2.45. The van der Waals surface area contributed by atoms with Crippen LogP contribution in [0, 0.1) is 0 Å². The van der Waals surface area contributed by atoms with Crippen LogP contribution < -0.4 is 9.47 Å². The zero-order valence-corrected chi connectivity index (χ0v) is 16.7. The van der Waals surface area contributed by atoms with Crippen LogP contribution in [0.5, 0.6) is 11.5 Å². The summed E-state index contributed by atoms with van der Waals surface area (Å²) in [5.41, 5.74) is 2.66. The van der Waals surface area contributed by atoms with Gasteiger partial charge in [0.05, 0.1) is 14.2 Å². The van der Waals surface area contributed by atoms with Gasteiger partial charge in [0, 0.05) is 45.3 Å². The highest BCUT2D eigenvalue weighted by molar-refractivity contribution is 5.85. The van der Waals surface area contributed by atoms with Gasteiger partial charge in [0.15, 0.2) is 0 Å². The fraction of sp³-hybridized carbons (Fsp3) is 0.333. The molecule has 0 atom stereocenters. The summed E-state index contributed by atoms with van der Waals surface area (Å²) in [6.07, 6.45) is 0. The smallest absolute Gasteiger partial charge is 0.122 e. The molecule has 4 heteroatoms. The van der Waals surface area contributed by atoms with Gasteiger partial charge in [-0.3, -0.25) is 9.80 Å². The summed E-state index contributed by atoms with van der Waals surface area (Å²) in [7, 11) is 3.40. The Morgan fingerprint density at radius 3 is 2.00 bits per heavy atom. The monoisotopic (exact) mass is 376 g/mol. The Morgan fingerprint density at radius 2 is 1.32 bits per heavy atom. The highest BCUT2D eigenvalue weighted by Crippen LogP contribution is 2.24. The van der Waals surface area contributed by atoms with Crippen molar-refractivity contribution in [3.63, 3.8) is 0 Å². The second-order valence-electron chi connectivity index (χ2n) is 7.41. The summed E-state index contributed by atoms with van der Waals surface area (Å²) < 4.78 is 10.8. The van der Waals surface area contributed by atoms with E-state index in [1.54, 1.807) is 14.2 Å². The van der Waals surface area contributed by atoms with Crippen LogP contribution in [-0.4, -0.2) is 50.2 Å². The first kappa shape index (κ1) is 18.8.